The summed E-state index contributed by atoms with van der Waals surface area (Å²) in [7, 11) is 0. The van der Waals surface area contributed by atoms with Crippen molar-refractivity contribution in [1.29, 1.82) is 0 Å². The van der Waals surface area contributed by atoms with E-state index in [2.05, 4.69) is 26.6 Å². The third-order valence-electron chi connectivity index (χ3n) is 10.8. The molecule has 1 saturated heterocycles. The monoisotopic (exact) mass is 872 g/mol. The Bertz CT molecular complexity index is 2000. The smallest absolute Gasteiger partial charge is 0.325 e. The number of carboxylic acid groups (broad SMARTS) is 1. The second-order valence-electron chi connectivity index (χ2n) is 15.8. The molecule has 1 aliphatic rings. The minimum atomic E-state index is -1.60. The van der Waals surface area contributed by atoms with Crippen molar-refractivity contribution in [1.82, 2.24) is 31.5 Å². The summed E-state index contributed by atoms with van der Waals surface area (Å²) in [5, 5.41) is 43.2. The number of hydrogen-bond acceptors (Lipinski definition) is 11. The molecule has 1 fully saturated rings. The number of carboxylic acids is 1. The lowest BCUT2D eigenvalue weighted by Crippen LogP contribution is -2.62. The van der Waals surface area contributed by atoms with Gasteiger partial charge in [0.25, 0.3) is 0 Å². The number of nitrogens with one attached hydrogen (secondary N) is 5. The van der Waals surface area contributed by atoms with Gasteiger partial charge in [0.15, 0.2) is 0 Å². The highest BCUT2D eigenvalue weighted by molar-refractivity contribution is 5.97. The SMILES string of the molecule is CC(NC(=O)C(CCCCN)NC(=O)C1CCCN1C(=O)C(NC(=O)C(Cc1ccc(O)cc1)NC(=O)C(Cc1ccccc1)NC(=O)C(N)Cc1ccccc1)C(C)O)C(=O)O. The van der Waals surface area contributed by atoms with Gasteiger partial charge in [-0.3, -0.25) is 33.6 Å². The molecule has 8 atom stereocenters. The number of rotatable bonds is 23. The van der Waals surface area contributed by atoms with Crippen molar-refractivity contribution in [2.45, 2.75) is 114 Å². The maximum absolute atomic E-state index is 14.3. The minimum absolute atomic E-state index is 0.0331. The second-order valence-corrected chi connectivity index (χ2v) is 15.8. The molecule has 18 nitrogen and oxygen atoms in total. The lowest BCUT2D eigenvalue weighted by Gasteiger charge is -2.32. The van der Waals surface area contributed by atoms with Gasteiger partial charge in [-0.15, -0.1) is 0 Å². The zero-order chi connectivity index (χ0) is 46.1. The molecule has 0 bridgehead atoms. The van der Waals surface area contributed by atoms with Crippen LogP contribution in [-0.2, 0) is 52.8 Å². The van der Waals surface area contributed by atoms with E-state index in [1.807, 2.05) is 30.3 Å². The average molecular weight is 873 g/mol. The first kappa shape index (κ1) is 49.3. The number of aromatic hydroxyl groups is 1. The summed E-state index contributed by atoms with van der Waals surface area (Å²) in [6, 6.07) is 15.3. The second kappa shape index (κ2) is 24.3. The summed E-state index contributed by atoms with van der Waals surface area (Å²) >= 11 is 0. The quantitative estimate of drug-likeness (QED) is 0.0554. The Labute approximate surface area is 366 Å². The molecule has 4 rings (SSSR count). The van der Waals surface area contributed by atoms with Gasteiger partial charge in [-0.05, 0) is 87.7 Å². The Morgan fingerprint density at radius 2 is 1.21 bits per heavy atom. The highest BCUT2D eigenvalue weighted by Crippen LogP contribution is 2.21. The van der Waals surface area contributed by atoms with Gasteiger partial charge in [0.2, 0.25) is 35.4 Å². The molecule has 63 heavy (non-hydrogen) atoms. The molecule has 3 aromatic rings. The number of nitrogens with two attached hydrogens (primary N) is 2. The first-order valence-electron chi connectivity index (χ1n) is 21.1. The fraction of sp³-hybridized carbons (Fsp3) is 0.444. The lowest BCUT2D eigenvalue weighted by atomic mass is 10.0. The van der Waals surface area contributed by atoms with Gasteiger partial charge in [0.05, 0.1) is 12.1 Å². The van der Waals surface area contributed by atoms with Gasteiger partial charge in [0.1, 0.15) is 42.0 Å². The Kier molecular flexibility index (Phi) is 19.0. The summed E-state index contributed by atoms with van der Waals surface area (Å²) < 4.78 is 0. The largest absolute Gasteiger partial charge is 0.508 e. The maximum atomic E-state index is 14.3. The molecule has 0 radical (unpaired) electrons. The number of unbranched alkanes of at least 4 members (excludes halogenated alkanes) is 1. The van der Waals surface area contributed by atoms with Crippen molar-refractivity contribution in [3.63, 3.8) is 0 Å². The number of aliphatic hydroxyl groups is 1. The van der Waals surface area contributed by atoms with Gasteiger partial charge < -0.3 is 58.3 Å². The standard InChI is InChI=1S/C45H60N8O10/c1-27(45(62)63)48-40(57)34(16-9-10-22-46)49-43(60)37-17-11-23-53(37)44(61)38(28(2)54)52-42(59)36(26-31-18-20-32(55)21-19-31)51-41(58)35(25-30-14-7-4-8-15-30)50-39(56)33(47)24-29-12-5-3-6-13-29/h3-8,12-15,18-21,27-28,33-38,54-55H,9-11,16-17,22-26,46-47H2,1-2H3,(H,48,57)(H,49,60)(H,50,56)(H,51,58)(H,52,59)(H,62,63). The van der Waals surface area contributed by atoms with Crippen LogP contribution in [0.1, 0.15) is 62.6 Å². The normalized spacial score (nSPS) is 16.8. The number of likely N-dealkylation sites (tertiary alicyclic amines) is 1. The molecule has 0 spiro atoms. The summed E-state index contributed by atoms with van der Waals surface area (Å²) in [6.45, 7) is 2.98. The molecule has 0 aromatic heterocycles. The number of phenolic OH excluding ortho intramolecular Hbond substituents is 1. The van der Waals surface area contributed by atoms with E-state index in [0.717, 1.165) is 5.56 Å². The van der Waals surface area contributed by atoms with E-state index in [1.165, 1.54) is 30.9 Å². The van der Waals surface area contributed by atoms with Gasteiger partial charge in [-0.1, -0.05) is 72.8 Å². The van der Waals surface area contributed by atoms with E-state index in [1.54, 1.807) is 42.5 Å². The first-order chi connectivity index (χ1) is 30.1. The van der Waals surface area contributed by atoms with Crippen LogP contribution < -0.4 is 38.1 Å². The third-order valence-corrected chi connectivity index (χ3v) is 10.8. The molecule has 1 aliphatic heterocycles. The molecule has 0 saturated carbocycles. The summed E-state index contributed by atoms with van der Waals surface area (Å²) in [4.78, 5) is 95.5. The van der Waals surface area contributed by atoms with E-state index in [-0.39, 0.29) is 44.4 Å². The Hall–Kier alpha value is -6.37. The molecular weight excluding hydrogens is 813 g/mol. The summed E-state index contributed by atoms with van der Waals surface area (Å²) in [5.41, 5.74) is 13.9. The Balaban J connectivity index is 1.55. The van der Waals surface area contributed by atoms with Gasteiger partial charge in [-0.2, -0.15) is 0 Å². The predicted molar refractivity (Wildman–Crippen MR) is 232 cm³/mol. The van der Waals surface area contributed by atoms with Gasteiger partial charge >= 0.3 is 5.97 Å². The van der Waals surface area contributed by atoms with Crippen LogP contribution in [0.4, 0.5) is 0 Å². The number of hydrogen-bond donors (Lipinski definition) is 10. The number of aliphatic carboxylic acids is 1. The number of aliphatic hydroxyl groups excluding tert-OH is 1. The van der Waals surface area contributed by atoms with E-state index in [4.69, 9.17) is 11.5 Å². The number of nitrogens with zero attached hydrogens (tertiary/aromatic N) is 1. The van der Waals surface area contributed by atoms with Crippen molar-refractivity contribution < 1.29 is 48.9 Å². The zero-order valence-corrected chi connectivity index (χ0v) is 35.6. The zero-order valence-electron chi connectivity index (χ0n) is 35.6. The fourth-order valence-corrected chi connectivity index (χ4v) is 7.18. The topological polar surface area (TPSA) is 296 Å². The van der Waals surface area contributed by atoms with Crippen molar-refractivity contribution >= 4 is 41.4 Å². The molecule has 340 valence electrons. The number of carbonyl (C=O) groups is 7. The van der Waals surface area contributed by atoms with E-state index in [0.29, 0.717) is 36.9 Å². The molecular formula is C45H60N8O10. The van der Waals surface area contributed by atoms with Crippen LogP contribution in [0.15, 0.2) is 84.9 Å². The summed E-state index contributed by atoms with van der Waals surface area (Å²) in [5.74, 6) is -5.71. The molecule has 0 aliphatic carbocycles. The maximum Gasteiger partial charge on any atom is 0.325 e. The van der Waals surface area contributed by atoms with Crippen LogP contribution in [0.25, 0.3) is 0 Å². The van der Waals surface area contributed by atoms with Crippen LogP contribution >= 0.6 is 0 Å². The van der Waals surface area contributed by atoms with Crippen LogP contribution in [0.5, 0.6) is 5.75 Å². The van der Waals surface area contributed by atoms with Crippen molar-refractivity contribution in [3.8, 4) is 5.75 Å². The third kappa shape index (κ3) is 15.2. The average Bonchev–Trinajstić information content (AvgIpc) is 3.76. The number of phenols is 1. The molecule has 1 heterocycles. The Morgan fingerprint density at radius 3 is 1.76 bits per heavy atom. The molecule has 18 heteroatoms. The lowest BCUT2D eigenvalue weighted by molar-refractivity contribution is -0.145. The Morgan fingerprint density at radius 1 is 0.683 bits per heavy atom. The number of benzene rings is 3. The van der Waals surface area contributed by atoms with E-state index in [9.17, 15) is 48.9 Å². The van der Waals surface area contributed by atoms with Crippen LogP contribution in [0, 0.1) is 0 Å². The highest BCUT2D eigenvalue weighted by atomic mass is 16.4. The van der Waals surface area contributed by atoms with Crippen molar-refractivity contribution in [3.05, 3.63) is 102 Å². The molecule has 8 unspecified atom stereocenters. The predicted octanol–water partition coefficient (Wildman–Crippen LogP) is -0.223. The molecule has 12 N–H and O–H groups in total. The highest BCUT2D eigenvalue weighted by Gasteiger charge is 2.41. The number of carbonyl (C=O) groups excluding carboxylic acids is 6. The van der Waals surface area contributed by atoms with Gasteiger partial charge in [-0.25, -0.2) is 0 Å². The molecule has 3 aromatic carbocycles. The summed E-state index contributed by atoms with van der Waals surface area (Å²) in [6.07, 6.45) is 0.324. The number of amides is 6. The van der Waals surface area contributed by atoms with Crippen LogP contribution in [-0.4, -0.2) is 123 Å². The van der Waals surface area contributed by atoms with Crippen molar-refractivity contribution in [2.75, 3.05) is 13.1 Å². The van der Waals surface area contributed by atoms with E-state index < -0.39 is 89.8 Å². The van der Waals surface area contributed by atoms with Crippen LogP contribution in [0.3, 0.4) is 0 Å². The molecule has 6 amide bonds. The minimum Gasteiger partial charge on any atom is -0.508 e. The van der Waals surface area contributed by atoms with Gasteiger partial charge in [0, 0.05) is 19.4 Å². The fourth-order valence-electron chi connectivity index (χ4n) is 7.18. The van der Waals surface area contributed by atoms with Crippen LogP contribution in [0.2, 0.25) is 0 Å². The van der Waals surface area contributed by atoms with Crippen molar-refractivity contribution in [2.24, 2.45) is 11.5 Å². The van der Waals surface area contributed by atoms with E-state index >= 15 is 0 Å². The first-order valence-corrected chi connectivity index (χ1v) is 21.1.